The third kappa shape index (κ3) is 2.82. The first kappa shape index (κ1) is 16.9. The topological polar surface area (TPSA) is 66.8 Å². The van der Waals surface area contributed by atoms with Gasteiger partial charge in [-0.3, -0.25) is 14.3 Å². The highest BCUT2D eigenvalue weighted by atomic mass is 32.1. The first-order valence-corrected chi connectivity index (χ1v) is 9.37. The van der Waals surface area contributed by atoms with Crippen LogP contribution in [0.4, 0.5) is 5.95 Å². The average Bonchev–Trinajstić information content (AvgIpc) is 3.16. The molecule has 0 saturated carbocycles. The van der Waals surface area contributed by atoms with Crippen LogP contribution in [0, 0.1) is 11.6 Å². The summed E-state index contributed by atoms with van der Waals surface area (Å²) in [5, 5.41) is 0.369. The molecule has 3 aromatic rings. The lowest BCUT2D eigenvalue weighted by Gasteiger charge is -2.17. The first-order chi connectivity index (χ1) is 12.6. The zero-order valence-corrected chi connectivity index (χ0v) is 15.8. The van der Waals surface area contributed by atoms with E-state index < -0.39 is 0 Å². The van der Waals surface area contributed by atoms with Gasteiger partial charge in [0, 0.05) is 18.8 Å². The van der Waals surface area contributed by atoms with Gasteiger partial charge in [0.15, 0.2) is 5.65 Å². The van der Waals surface area contributed by atoms with Crippen LogP contribution in [-0.2, 0) is 6.42 Å². The minimum atomic E-state index is -0.228. The van der Waals surface area contributed by atoms with E-state index in [0.717, 1.165) is 43.9 Å². The Labute approximate surface area is 156 Å². The van der Waals surface area contributed by atoms with Crippen LogP contribution < -0.4 is 10.5 Å². The van der Waals surface area contributed by atoms with Gasteiger partial charge in [-0.1, -0.05) is 31.3 Å². The van der Waals surface area contributed by atoms with Crippen molar-refractivity contribution in [3.63, 3.8) is 0 Å². The Balaban J connectivity index is 1.90. The first-order valence-electron chi connectivity index (χ1n) is 8.96. The lowest BCUT2D eigenvalue weighted by atomic mass is 10.1. The van der Waals surface area contributed by atoms with E-state index in [1.54, 1.807) is 0 Å². The summed E-state index contributed by atoms with van der Waals surface area (Å²) < 4.78 is 2.28. The Morgan fingerprint density at radius 1 is 1.15 bits per heavy atom. The summed E-state index contributed by atoms with van der Waals surface area (Å²) in [6.07, 6.45) is 3.20. The summed E-state index contributed by atoms with van der Waals surface area (Å²) in [5.41, 5.74) is 2.34. The van der Waals surface area contributed by atoms with Crippen molar-refractivity contribution in [1.29, 1.82) is 0 Å². The molecule has 4 rings (SSSR count). The number of hydrogen-bond donors (Lipinski definition) is 1. The molecule has 134 valence electrons. The van der Waals surface area contributed by atoms with Crippen LogP contribution in [0.2, 0.25) is 0 Å². The van der Waals surface area contributed by atoms with E-state index in [1.165, 1.54) is 5.56 Å². The lowest BCUT2D eigenvalue weighted by Crippen LogP contribution is -2.25. The van der Waals surface area contributed by atoms with Crippen molar-refractivity contribution in [2.45, 2.75) is 33.1 Å². The number of aryl methyl sites for hydroxylation is 2. The zero-order valence-electron chi connectivity index (χ0n) is 15.0. The van der Waals surface area contributed by atoms with Crippen molar-refractivity contribution in [2.75, 3.05) is 18.0 Å². The van der Waals surface area contributed by atoms with Gasteiger partial charge in [0.05, 0.1) is 0 Å². The molecule has 0 atom stereocenters. The molecule has 1 N–H and O–H groups in total. The third-order valence-electron chi connectivity index (χ3n) is 4.90. The molecule has 1 saturated heterocycles. The standard InChI is InChI=1S/C19H21N5OS/c1-3-13-6-8-14(9-7-13)24-12(2)20-16-15(18(24)26)17(25)22-19(21-16)23-10-4-5-11-23/h6-9H,3-5,10-11H2,1-2H3,(H,21,22,25). The van der Waals surface area contributed by atoms with E-state index in [2.05, 4.69) is 38.9 Å². The summed E-state index contributed by atoms with van der Waals surface area (Å²) in [7, 11) is 0. The van der Waals surface area contributed by atoms with Crippen molar-refractivity contribution in [1.82, 2.24) is 19.5 Å². The molecule has 0 aliphatic carbocycles. The van der Waals surface area contributed by atoms with Crippen LogP contribution in [0.1, 0.15) is 31.2 Å². The van der Waals surface area contributed by atoms with Gasteiger partial charge in [0.2, 0.25) is 5.95 Å². The van der Waals surface area contributed by atoms with Gasteiger partial charge < -0.3 is 4.90 Å². The fraction of sp³-hybridized carbons (Fsp3) is 0.368. The van der Waals surface area contributed by atoms with Crippen molar-refractivity contribution in [3.05, 3.63) is 50.6 Å². The van der Waals surface area contributed by atoms with Gasteiger partial charge in [-0.05, 0) is 43.9 Å². The molecule has 6 nitrogen and oxygen atoms in total. The van der Waals surface area contributed by atoms with Crippen molar-refractivity contribution < 1.29 is 0 Å². The fourth-order valence-electron chi connectivity index (χ4n) is 3.45. The molecule has 1 aliphatic rings. The van der Waals surface area contributed by atoms with Crippen LogP contribution in [-0.4, -0.2) is 32.6 Å². The number of hydrogen-bond acceptors (Lipinski definition) is 5. The number of anilines is 1. The van der Waals surface area contributed by atoms with E-state index in [9.17, 15) is 4.79 Å². The van der Waals surface area contributed by atoms with Gasteiger partial charge in [0.25, 0.3) is 5.56 Å². The number of rotatable bonds is 3. The molecule has 1 fully saturated rings. The minimum absolute atomic E-state index is 0.228. The van der Waals surface area contributed by atoms with E-state index in [0.29, 0.717) is 21.6 Å². The van der Waals surface area contributed by atoms with E-state index >= 15 is 0 Å². The second kappa shape index (κ2) is 6.64. The molecular formula is C19H21N5OS. The summed E-state index contributed by atoms with van der Waals surface area (Å²) in [5.74, 6) is 1.31. The van der Waals surface area contributed by atoms with Gasteiger partial charge in [-0.2, -0.15) is 4.98 Å². The molecule has 1 aliphatic heterocycles. The Hall–Kier alpha value is -2.54. The second-order valence-corrected chi connectivity index (χ2v) is 6.99. The van der Waals surface area contributed by atoms with Crippen LogP contribution in [0.25, 0.3) is 16.7 Å². The van der Waals surface area contributed by atoms with Gasteiger partial charge >= 0.3 is 0 Å². The molecular weight excluding hydrogens is 346 g/mol. The third-order valence-corrected chi connectivity index (χ3v) is 5.29. The predicted octanol–water partition coefficient (Wildman–Crippen LogP) is 3.31. The van der Waals surface area contributed by atoms with Crippen molar-refractivity contribution in [2.24, 2.45) is 0 Å². The number of H-pyrrole nitrogens is 1. The number of nitrogens with zero attached hydrogens (tertiary/aromatic N) is 4. The lowest BCUT2D eigenvalue weighted by molar-refractivity contribution is 0.875. The van der Waals surface area contributed by atoms with E-state index in [4.69, 9.17) is 12.2 Å². The maximum Gasteiger partial charge on any atom is 0.264 e. The zero-order chi connectivity index (χ0) is 18.3. The number of nitrogens with one attached hydrogen (secondary N) is 1. The molecule has 0 spiro atoms. The van der Waals surface area contributed by atoms with Gasteiger partial charge in [0.1, 0.15) is 15.9 Å². The Morgan fingerprint density at radius 2 is 1.85 bits per heavy atom. The van der Waals surface area contributed by atoms with E-state index in [1.807, 2.05) is 23.6 Å². The summed E-state index contributed by atoms with van der Waals surface area (Å²) >= 11 is 5.64. The number of fused-ring (bicyclic) bond motifs is 1. The normalized spacial score (nSPS) is 14.3. The summed E-state index contributed by atoms with van der Waals surface area (Å²) in [6.45, 7) is 5.82. The maximum absolute atomic E-state index is 12.7. The monoisotopic (exact) mass is 367 g/mol. The average molecular weight is 367 g/mol. The molecule has 0 radical (unpaired) electrons. The maximum atomic E-state index is 12.7. The fourth-order valence-corrected chi connectivity index (χ4v) is 3.87. The molecule has 1 aromatic carbocycles. The van der Waals surface area contributed by atoms with Gasteiger partial charge in [-0.25, -0.2) is 4.98 Å². The number of benzene rings is 1. The largest absolute Gasteiger partial charge is 0.342 e. The van der Waals surface area contributed by atoms with Crippen LogP contribution >= 0.6 is 12.2 Å². The SMILES string of the molecule is CCc1ccc(-n2c(C)nc3nc(N4CCCC4)[nH]c(=O)c3c2=S)cc1. The minimum Gasteiger partial charge on any atom is -0.342 e. The van der Waals surface area contributed by atoms with Crippen LogP contribution in [0.3, 0.4) is 0 Å². The Bertz CT molecular complexity index is 1080. The van der Waals surface area contributed by atoms with Crippen LogP contribution in [0.15, 0.2) is 29.1 Å². The highest BCUT2D eigenvalue weighted by molar-refractivity contribution is 7.71. The Kier molecular flexibility index (Phi) is 4.32. The summed E-state index contributed by atoms with van der Waals surface area (Å²) in [4.78, 5) is 26.9. The van der Waals surface area contributed by atoms with Crippen molar-refractivity contribution >= 4 is 29.2 Å². The second-order valence-electron chi connectivity index (χ2n) is 6.60. The summed E-state index contributed by atoms with van der Waals surface area (Å²) in [6, 6.07) is 8.16. The highest BCUT2D eigenvalue weighted by Gasteiger charge is 2.18. The number of aromatic amines is 1. The number of aromatic nitrogens is 4. The van der Waals surface area contributed by atoms with Gasteiger partial charge in [-0.15, -0.1) is 0 Å². The quantitative estimate of drug-likeness (QED) is 0.720. The molecule has 3 heterocycles. The molecule has 7 heteroatoms. The highest BCUT2D eigenvalue weighted by Crippen LogP contribution is 2.20. The molecule has 0 amide bonds. The van der Waals surface area contributed by atoms with Crippen molar-refractivity contribution in [3.8, 4) is 5.69 Å². The smallest absolute Gasteiger partial charge is 0.264 e. The molecule has 0 bridgehead atoms. The Morgan fingerprint density at radius 3 is 2.50 bits per heavy atom. The molecule has 2 aromatic heterocycles. The van der Waals surface area contributed by atoms with Crippen LogP contribution in [0.5, 0.6) is 0 Å². The molecule has 26 heavy (non-hydrogen) atoms. The molecule has 0 unspecified atom stereocenters. The van der Waals surface area contributed by atoms with E-state index in [-0.39, 0.29) is 5.56 Å². The predicted molar refractivity (Wildman–Crippen MR) is 106 cm³/mol.